The SMILES string of the molecule is CC(CCCO)NCC1(O)CCCC1. The summed E-state index contributed by atoms with van der Waals surface area (Å²) < 4.78 is 0. The third-order valence-electron chi connectivity index (χ3n) is 3.11. The van der Waals surface area contributed by atoms with E-state index in [0.717, 1.165) is 38.5 Å². The number of nitrogens with one attached hydrogen (secondary N) is 1. The number of hydrogen-bond donors (Lipinski definition) is 3. The predicted molar refractivity (Wildman–Crippen MR) is 57.2 cm³/mol. The summed E-state index contributed by atoms with van der Waals surface area (Å²) in [5.74, 6) is 0. The van der Waals surface area contributed by atoms with Crippen molar-refractivity contribution < 1.29 is 10.2 Å². The first-order valence-electron chi connectivity index (χ1n) is 5.73. The van der Waals surface area contributed by atoms with Gasteiger partial charge < -0.3 is 15.5 Å². The van der Waals surface area contributed by atoms with Gasteiger partial charge in [0.15, 0.2) is 0 Å². The van der Waals surface area contributed by atoms with Gasteiger partial charge in [0.1, 0.15) is 0 Å². The molecule has 0 aromatic heterocycles. The van der Waals surface area contributed by atoms with E-state index in [1.807, 2.05) is 0 Å². The molecule has 1 aliphatic carbocycles. The first-order valence-corrected chi connectivity index (χ1v) is 5.73. The van der Waals surface area contributed by atoms with Gasteiger partial charge in [0.25, 0.3) is 0 Å². The van der Waals surface area contributed by atoms with Gasteiger partial charge >= 0.3 is 0 Å². The van der Waals surface area contributed by atoms with Gasteiger partial charge in [-0.1, -0.05) is 12.8 Å². The van der Waals surface area contributed by atoms with Crippen LogP contribution in [0, 0.1) is 0 Å². The predicted octanol–water partition coefficient (Wildman–Crippen LogP) is 1.04. The first kappa shape index (κ1) is 12.0. The first-order chi connectivity index (χ1) is 6.66. The van der Waals surface area contributed by atoms with E-state index in [0.29, 0.717) is 12.6 Å². The molecule has 0 aliphatic heterocycles. The summed E-state index contributed by atoms with van der Waals surface area (Å²) in [4.78, 5) is 0. The molecule has 0 aromatic carbocycles. The minimum absolute atomic E-state index is 0.260. The van der Waals surface area contributed by atoms with Crippen LogP contribution in [-0.4, -0.2) is 35.0 Å². The molecule has 0 aromatic rings. The third kappa shape index (κ3) is 3.95. The van der Waals surface area contributed by atoms with Crippen LogP contribution >= 0.6 is 0 Å². The molecule has 3 heteroatoms. The average molecular weight is 201 g/mol. The summed E-state index contributed by atoms with van der Waals surface area (Å²) in [7, 11) is 0. The van der Waals surface area contributed by atoms with Gasteiger partial charge in [0.05, 0.1) is 5.60 Å². The lowest BCUT2D eigenvalue weighted by atomic mass is 10.0. The van der Waals surface area contributed by atoms with Crippen LogP contribution in [0.25, 0.3) is 0 Å². The van der Waals surface area contributed by atoms with E-state index in [1.54, 1.807) is 0 Å². The highest BCUT2D eigenvalue weighted by atomic mass is 16.3. The second-order valence-corrected chi connectivity index (χ2v) is 4.58. The summed E-state index contributed by atoms with van der Waals surface area (Å²) >= 11 is 0. The topological polar surface area (TPSA) is 52.5 Å². The van der Waals surface area contributed by atoms with Crippen LogP contribution in [0.2, 0.25) is 0 Å². The van der Waals surface area contributed by atoms with E-state index in [4.69, 9.17) is 5.11 Å². The van der Waals surface area contributed by atoms with E-state index < -0.39 is 5.60 Å². The molecule has 1 rings (SSSR count). The molecular weight excluding hydrogens is 178 g/mol. The Morgan fingerprint density at radius 1 is 1.36 bits per heavy atom. The molecule has 1 unspecified atom stereocenters. The fraction of sp³-hybridized carbons (Fsp3) is 1.00. The standard InChI is InChI=1S/C11H23NO2/c1-10(5-4-8-13)12-9-11(14)6-2-3-7-11/h10,12-14H,2-9H2,1H3. The van der Waals surface area contributed by atoms with Crippen LogP contribution < -0.4 is 5.32 Å². The molecule has 14 heavy (non-hydrogen) atoms. The molecule has 0 radical (unpaired) electrons. The Morgan fingerprint density at radius 3 is 2.57 bits per heavy atom. The Morgan fingerprint density at radius 2 is 2.00 bits per heavy atom. The van der Waals surface area contributed by atoms with Crippen molar-refractivity contribution in [3.63, 3.8) is 0 Å². The molecule has 0 bridgehead atoms. The molecule has 0 heterocycles. The fourth-order valence-electron chi connectivity index (χ4n) is 2.07. The molecule has 0 amide bonds. The molecule has 84 valence electrons. The van der Waals surface area contributed by atoms with Crippen molar-refractivity contribution >= 4 is 0 Å². The van der Waals surface area contributed by atoms with Crippen molar-refractivity contribution in [3.05, 3.63) is 0 Å². The fourth-order valence-corrected chi connectivity index (χ4v) is 2.07. The Labute approximate surface area is 86.5 Å². The number of rotatable bonds is 6. The minimum Gasteiger partial charge on any atom is -0.396 e. The number of hydrogen-bond acceptors (Lipinski definition) is 3. The Hall–Kier alpha value is -0.120. The zero-order valence-electron chi connectivity index (χ0n) is 9.13. The normalized spacial score (nSPS) is 22.5. The Balaban J connectivity index is 2.12. The van der Waals surface area contributed by atoms with Gasteiger partial charge in [-0.25, -0.2) is 0 Å². The maximum atomic E-state index is 10.1. The lowest BCUT2D eigenvalue weighted by Gasteiger charge is -2.25. The third-order valence-corrected chi connectivity index (χ3v) is 3.11. The van der Waals surface area contributed by atoms with Crippen molar-refractivity contribution in [1.82, 2.24) is 5.32 Å². The van der Waals surface area contributed by atoms with Crippen LogP contribution in [0.4, 0.5) is 0 Å². The second kappa shape index (κ2) is 5.69. The molecule has 3 nitrogen and oxygen atoms in total. The Kier molecular flexibility index (Phi) is 4.85. The van der Waals surface area contributed by atoms with E-state index in [1.165, 1.54) is 0 Å². The number of aliphatic hydroxyl groups excluding tert-OH is 1. The van der Waals surface area contributed by atoms with Gasteiger partial charge in [-0.05, 0) is 32.6 Å². The monoisotopic (exact) mass is 201 g/mol. The van der Waals surface area contributed by atoms with E-state index in [9.17, 15) is 5.11 Å². The summed E-state index contributed by atoms with van der Waals surface area (Å²) in [6.07, 6.45) is 6.00. The van der Waals surface area contributed by atoms with Crippen LogP contribution in [-0.2, 0) is 0 Å². The van der Waals surface area contributed by atoms with Crippen molar-refractivity contribution in [3.8, 4) is 0 Å². The van der Waals surface area contributed by atoms with Gasteiger partial charge in [-0.15, -0.1) is 0 Å². The van der Waals surface area contributed by atoms with Crippen LogP contribution in [0.15, 0.2) is 0 Å². The largest absolute Gasteiger partial charge is 0.396 e. The molecule has 0 saturated heterocycles. The molecule has 1 saturated carbocycles. The van der Waals surface area contributed by atoms with Crippen molar-refractivity contribution in [2.24, 2.45) is 0 Å². The second-order valence-electron chi connectivity index (χ2n) is 4.58. The molecule has 3 N–H and O–H groups in total. The highest BCUT2D eigenvalue weighted by Gasteiger charge is 2.30. The van der Waals surface area contributed by atoms with Crippen LogP contribution in [0.1, 0.15) is 45.4 Å². The van der Waals surface area contributed by atoms with Gasteiger partial charge in [-0.3, -0.25) is 0 Å². The smallest absolute Gasteiger partial charge is 0.0771 e. The summed E-state index contributed by atoms with van der Waals surface area (Å²) in [6.45, 7) is 3.07. The van der Waals surface area contributed by atoms with Gasteiger partial charge in [0.2, 0.25) is 0 Å². The lowest BCUT2D eigenvalue weighted by Crippen LogP contribution is -2.41. The molecule has 1 fully saturated rings. The maximum Gasteiger partial charge on any atom is 0.0771 e. The van der Waals surface area contributed by atoms with Gasteiger partial charge in [0, 0.05) is 19.2 Å². The van der Waals surface area contributed by atoms with Crippen molar-refractivity contribution in [2.75, 3.05) is 13.2 Å². The van der Waals surface area contributed by atoms with Crippen molar-refractivity contribution in [1.29, 1.82) is 0 Å². The summed E-state index contributed by atoms with van der Waals surface area (Å²) in [6, 6.07) is 0.395. The van der Waals surface area contributed by atoms with Crippen LogP contribution in [0.3, 0.4) is 0 Å². The zero-order valence-corrected chi connectivity index (χ0v) is 9.13. The van der Waals surface area contributed by atoms with E-state index in [2.05, 4.69) is 12.2 Å². The van der Waals surface area contributed by atoms with Gasteiger partial charge in [-0.2, -0.15) is 0 Å². The van der Waals surface area contributed by atoms with E-state index >= 15 is 0 Å². The number of aliphatic hydroxyl groups is 2. The molecule has 1 atom stereocenters. The molecule has 1 aliphatic rings. The molecule has 0 spiro atoms. The highest BCUT2D eigenvalue weighted by Crippen LogP contribution is 2.28. The van der Waals surface area contributed by atoms with Crippen molar-refractivity contribution in [2.45, 2.75) is 57.1 Å². The minimum atomic E-state index is -0.451. The quantitative estimate of drug-likeness (QED) is 0.602. The summed E-state index contributed by atoms with van der Waals surface area (Å²) in [5.41, 5.74) is -0.451. The molecular formula is C11H23NO2. The summed E-state index contributed by atoms with van der Waals surface area (Å²) in [5, 5.41) is 22.1. The average Bonchev–Trinajstić information content (AvgIpc) is 2.60. The maximum absolute atomic E-state index is 10.1. The zero-order chi connectivity index (χ0) is 10.4. The highest BCUT2D eigenvalue weighted by molar-refractivity contribution is 4.86. The van der Waals surface area contributed by atoms with Crippen LogP contribution in [0.5, 0.6) is 0 Å². The lowest BCUT2D eigenvalue weighted by molar-refractivity contribution is 0.0449. The Bertz CT molecular complexity index is 155. The van der Waals surface area contributed by atoms with E-state index in [-0.39, 0.29) is 6.61 Å².